The Balaban J connectivity index is 1.91. The minimum Gasteiger partial charge on any atom is -0.379 e. The smallest absolute Gasteiger partial charge is 0.221 e. The molecule has 0 saturated carbocycles. The van der Waals surface area contributed by atoms with Gasteiger partial charge in [0, 0.05) is 24.5 Å². The molecule has 1 amide bonds. The van der Waals surface area contributed by atoms with Crippen LogP contribution in [0.2, 0.25) is 0 Å². The van der Waals surface area contributed by atoms with E-state index in [0.29, 0.717) is 6.54 Å². The predicted octanol–water partition coefficient (Wildman–Crippen LogP) is 1.98. The van der Waals surface area contributed by atoms with E-state index in [1.54, 1.807) is 12.5 Å². The number of H-pyrrole nitrogens is 1. The molecule has 0 saturated heterocycles. The van der Waals surface area contributed by atoms with Gasteiger partial charge in [0.1, 0.15) is 0 Å². The quantitative estimate of drug-likeness (QED) is 0.752. The van der Waals surface area contributed by atoms with Gasteiger partial charge in [-0.2, -0.15) is 0 Å². The van der Waals surface area contributed by atoms with E-state index in [1.807, 2.05) is 24.3 Å². The largest absolute Gasteiger partial charge is 0.379 e. The molecular weight excluding hydrogens is 216 g/mol. The van der Waals surface area contributed by atoms with Gasteiger partial charge in [0.25, 0.3) is 0 Å². The number of aromatic nitrogens is 2. The lowest BCUT2D eigenvalue weighted by Crippen LogP contribution is -2.05. The lowest BCUT2D eigenvalue weighted by atomic mass is 10.2. The Labute approximate surface area is 99.3 Å². The Morgan fingerprint density at radius 2 is 2.00 bits per heavy atom. The number of nitrogens with one attached hydrogen (secondary N) is 3. The fourth-order valence-corrected chi connectivity index (χ4v) is 1.45. The van der Waals surface area contributed by atoms with Crippen molar-refractivity contribution in [2.45, 2.75) is 13.5 Å². The lowest BCUT2D eigenvalue weighted by Gasteiger charge is -2.06. The number of anilines is 2. The first-order valence-electron chi connectivity index (χ1n) is 5.33. The number of benzene rings is 1. The minimum atomic E-state index is -0.0665. The van der Waals surface area contributed by atoms with E-state index >= 15 is 0 Å². The number of rotatable bonds is 4. The zero-order chi connectivity index (χ0) is 12.1. The van der Waals surface area contributed by atoms with Gasteiger partial charge in [-0.05, 0) is 24.3 Å². The Hall–Kier alpha value is -2.30. The molecule has 0 unspecified atom stereocenters. The molecule has 1 aromatic heterocycles. The minimum absolute atomic E-state index is 0.0665. The highest BCUT2D eigenvalue weighted by Gasteiger charge is 1.97. The Kier molecular flexibility index (Phi) is 3.40. The SMILES string of the molecule is CC(=O)Nc1ccc(NCc2cnc[nH]2)cc1. The summed E-state index contributed by atoms with van der Waals surface area (Å²) in [6.07, 6.45) is 3.43. The van der Waals surface area contributed by atoms with Gasteiger partial charge in [-0.25, -0.2) is 4.98 Å². The Bertz CT molecular complexity index is 476. The van der Waals surface area contributed by atoms with Crippen LogP contribution in [0, 0.1) is 0 Å². The molecule has 0 fully saturated rings. The number of nitrogens with zero attached hydrogens (tertiary/aromatic N) is 1. The third kappa shape index (κ3) is 3.34. The van der Waals surface area contributed by atoms with Crippen molar-refractivity contribution < 1.29 is 4.79 Å². The number of hydrogen-bond donors (Lipinski definition) is 3. The van der Waals surface area contributed by atoms with Crippen molar-refractivity contribution in [2.75, 3.05) is 10.6 Å². The zero-order valence-corrected chi connectivity index (χ0v) is 9.53. The van der Waals surface area contributed by atoms with Crippen LogP contribution in [0.1, 0.15) is 12.6 Å². The summed E-state index contributed by atoms with van der Waals surface area (Å²) in [5, 5.41) is 5.96. The maximum absolute atomic E-state index is 10.8. The third-order valence-electron chi connectivity index (χ3n) is 2.24. The summed E-state index contributed by atoms with van der Waals surface area (Å²) in [5.41, 5.74) is 2.81. The lowest BCUT2D eigenvalue weighted by molar-refractivity contribution is -0.114. The number of carbonyl (C=O) groups excluding carboxylic acids is 1. The molecule has 0 radical (unpaired) electrons. The highest BCUT2D eigenvalue weighted by atomic mass is 16.1. The number of hydrogen-bond acceptors (Lipinski definition) is 3. The standard InChI is InChI=1S/C12H14N4O/c1-9(17)16-11-4-2-10(3-5-11)14-7-12-6-13-8-15-12/h2-6,8,14H,7H2,1H3,(H,13,15)(H,16,17). The molecule has 88 valence electrons. The number of carbonyl (C=O) groups is 1. The number of amides is 1. The van der Waals surface area contributed by atoms with E-state index < -0.39 is 0 Å². The van der Waals surface area contributed by atoms with Crippen LogP contribution in [-0.2, 0) is 11.3 Å². The molecule has 0 spiro atoms. The van der Waals surface area contributed by atoms with Gasteiger partial charge < -0.3 is 15.6 Å². The van der Waals surface area contributed by atoms with Crippen molar-refractivity contribution in [3.05, 3.63) is 42.5 Å². The summed E-state index contributed by atoms with van der Waals surface area (Å²) in [6, 6.07) is 7.55. The van der Waals surface area contributed by atoms with Crippen molar-refractivity contribution >= 4 is 17.3 Å². The molecule has 1 aromatic carbocycles. The van der Waals surface area contributed by atoms with Crippen molar-refractivity contribution in [3.8, 4) is 0 Å². The van der Waals surface area contributed by atoms with Gasteiger partial charge in [-0.3, -0.25) is 4.79 Å². The van der Waals surface area contributed by atoms with Gasteiger partial charge in [-0.15, -0.1) is 0 Å². The van der Waals surface area contributed by atoms with Gasteiger partial charge in [0.2, 0.25) is 5.91 Å². The molecule has 0 atom stereocenters. The average Bonchev–Trinajstić information content (AvgIpc) is 2.80. The molecule has 5 nitrogen and oxygen atoms in total. The van der Waals surface area contributed by atoms with Gasteiger partial charge in [0.15, 0.2) is 0 Å². The van der Waals surface area contributed by atoms with E-state index in [1.165, 1.54) is 6.92 Å². The fourth-order valence-electron chi connectivity index (χ4n) is 1.45. The molecule has 17 heavy (non-hydrogen) atoms. The topological polar surface area (TPSA) is 69.8 Å². The van der Waals surface area contributed by atoms with Crippen LogP contribution >= 0.6 is 0 Å². The van der Waals surface area contributed by atoms with Crippen molar-refractivity contribution in [3.63, 3.8) is 0 Å². The number of aromatic amines is 1. The van der Waals surface area contributed by atoms with Crippen LogP contribution in [0.3, 0.4) is 0 Å². The average molecular weight is 230 g/mol. The van der Waals surface area contributed by atoms with E-state index in [0.717, 1.165) is 17.1 Å². The maximum Gasteiger partial charge on any atom is 0.221 e. The highest BCUT2D eigenvalue weighted by Crippen LogP contribution is 2.13. The van der Waals surface area contributed by atoms with E-state index in [4.69, 9.17) is 0 Å². The zero-order valence-electron chi connectivity index (χ0n) is 9.53. The molecule has 2 rings (SSSR count). The molecule has 2 aromatic rings. The Morgan fingerprint density at radius 1 is 1.29 bits per heavy atom. The highest BCUT2D eigenvalue weighted by molar-refractivity contribution is 5.88. The van der Waals surface area contributed by atoms with Gasteiger partial charge in [0.05, 0.1) is 18.6 Å². The third-order valence-corrected chi connectivity index (χ3v) is 2.24. The van der Waals surface area contributed by atoms with Crippen LogP contribution in [0.4, 0.5) is 11.4 Å². The predicted molar refractivity (Wildman–Crippen MR) is 66.7 cm³/mol. The van der Waals surface area contributed by atoms with Crippen molar-refractivity contribution in [1.82, 2.24) is 9.97 Å². The van der Waals surface area contributed by atoms with Crippen molar-refractivity contribution in [1.29, 1.82) is 0 Å². The van der Waals surface area contributed by atoms with Crippen LogP contribution in [0.25, 0.3) is 0 Å². The molecule has 3 N–H and O–H groups in total. The molecule has 1 heterocycles. The van der Waals surface area contributed by atoms with Gasteiger partial charge >= 0.3 is 0 Å². The summed E-state index contributed by atoms with van der Waals surface area (Å²) in [4.78, 5) is 17.8. The summed E-state index contributed by atoms with van der Waals surface area (Å²) < 4.78 is 0. The molecule has 0 aliphatic heterocycles. The maximum atomic E-state index is 10.8. The summed E-state index contributed by atoms with van der Waals surface area (Å²) in [6.45, 7) is 2.18. The number of imidazole rings is 1. The first-order valence-corrected chi connectivity index (χ1v) is 5.33. The Morgan fingerprint density at radius 3 is 2.59 bits per heavy atom. The molecule has 0 bridgehead atoms. The van der Waals surface area contributed by atoms with E-state index in [-0.39, 0.29) is 5.91 Å². The first-order chi connectivity index (χ1) is 8.24. The summed E-state index contributed by atoms with van der Waals surface area (Å²) >= 11 is 0. The molecule has 0 aliphatic rings. The second-order valence-electron chi connectivity index (χ2n) is 3.69. The second-order valence-corrected chi connectivity index (χ2v) is 3.69. The van der Waals surface area contributed by atoms with Crippen LogP contribution in [-0.4, -0.2) is 15.9 Å². The van der Waals surface area contributed by atoms with Crippen molar-refractivity contribution in [2.24, 2.45) is 0 Å². The van der Waals surface area contributed by atoms with E-state index in [9.17, 15) is 4.79 Å². The van der Waals surface area contributed by atoms with E-state index in [2.05, 4.69) is 20.6 Å². The van der Waals surface area contributed by atoms with Crippen LogP contribution < -0.4 is 10.6 Å². The summed E-state index contributed by atoms with van der Waals surface area (Å²) in [5.74, 6) is -0.0665. The van der Waals surface area contributed by atoms with Gasteiger partial charge in [-0.1, -0.05) is 0 Å². The second kappa shape index (κ2) is 5.16. The van der Waals surface area contributed by atoms with Crippen LogP contribution in [0.5, 0.6) is 0 Å². The normalized spacial score (nSPS) is 9.94. The molecule has 0 aliphatic carbocycles. The van der Waals surface area contributed by atoms with Crippen LogP contribution in [0.15, 0.2) is 36.8 Å². The first kappa shape index (κ1) is 11.2. The fraction of sp³-hybridized carbons (Fsp3) is 0.167. The molecular formula is C12H14N4O. The monoisotopic (exact) mass is 230 g/mol. The summed E-state index contributed by atoms with van der Waals surface area (Å²) in [7, 11) is 0. The molecule has 5 heteroatoms.